The summed E-state index contributed by atoms with van der Waals surface area (Å²) in [6.07, 6.45) is 1.34. The molecule has 1 atom stereocenters. The van der Waals surface area contributed by atoms with E-state index in [0.29, 0.717) is 18.0 Å². The number of thiazole rings is 1. The number of carbonyl (C=O) groups is 2. The number of amides is 2. The minimum absolute atomic E-state index is 0.0527. The number of carbonyl (C=O) groups excluding carboxylic acids is 2. The zero-order valence-electron chi connectivity index (χ0n) is 19.5. The van der Waals surface area contributed by atoms with E-state index < -0.39 is 6.10 Å². The van der Waals surface area contributed by atoms with Crippen LogP contribution in [0.3, 0.4) is 0 Å². The van der Waals surface area contributed by atoms with Crippen molar-refractivity contribution in [3.8, 4) is 17.0 Å². The van der Waals surface area contributed by atoms with Crippen LogP contribution >= 0.6 is 11.3 Å². The predicted octanol–water partition coefficient (Wildman–Crippen LogP) is 5.24. The van der Waals surface area contributed by atoms with Crippen molar-refractivity contribution in [2.24, 2.45) is 0 Å². The van der Waals surface area contributed by atoms with Crippen molar-refractivity contribution in [2.45, 2.75) is 46.6 Å². The average molecular weight is 464 g/mol. The number of anilines is 2. The van der Waals surface area contributed by atoms with Crippen molar-refractivity contribution < 1.29 is 14.3 Å². The number of aryl methyl sites for hydroxylation is 2. The molecule has 6 nitrogen and oxygen atoms in total. The van der Waals surface area contributed by atoms with Gasteiger partial charge in [-0.15, -0.1) is 11.3 Å². The quantitative estimate of drug-likeness (QED) is 0.481. The van der Waals surface area contributed by atoms with Crippen molar-refractivity contribution in [1.82, 2.24) is 4.98 Å². The molecule has 0 N–H and O–H groups in total. The first-order chi connectivity index (χ1) is 15.9. The van der Waals surface area contributed by atoms with E-state index in [1.807, 2.05) is 61.7 Å². The predicted molar refractivity (Wildman–Crippen MR) is 133 cm³/mol. The van der Waals surface area contributed by atoms with Crippen LogP contribution in [-0.4, -0.2) is 36.0 Å². The average Bonchev–Trinajstić information content (AvgIpc) is 3.26. The lowest BCUT2D eigenvalue weighted by atomic mass is 10.1. The first-order valence-corrected chi connectivity index (χ1v) is 12.2. The second-order valence-corrected chi connectivity index (χ2v) is 9.16. The summed E-state index contributed by atoms with van der Waals surface area (Å²) in [6, 6.07) is 13.6. The molecule has 0 saturated heterocycles. The lowest BCUT2D eigenvalue weighted by molar-refractivity contribution is -0.127. The van der Waals surface area contributed by atoms with Crippen molar-refractivity contribution in [3.05, 3.63) is 58.4 Å². The van der Waals surface area contributed by atoms with Crippen molar-refractivity contribution in [3.63, 3.8) is 0 Å². The van der Waals surface area contributed by atoms with Crippen molar-refractivity contribution >= 4 is 34.5 Å². The van der Waals surface area contributed by atoms with Gasteiger partial charge in [-0.05, 0) is 69.5 Å². The Balaban J connectivity index is 1.65. The summed E-state index contributed by atoms with van der Waals surface area (Å²) >= 11 is 1.64. The Labute approximate surface area is 198 Å². The summed E-state index contributed by atoms with van der Waals surface area (Å²) in [5.74, 6) is 0.236. The third kappa shape index (κ3) is 4.78. The summed E-state index contributed by atoms with van der Waals surface area (Å²) in [6.45, 7) is 8.25. The highest BCUT2D eigenvalue weighted by Crippen LogP contribution is 2.38. The lowest BCUT2D eigenvalue weighted by Gasteiger charge is -2.34. The van der Waals surface area contributed by atoms with Gasteiger partial charge in [-0.1, -0.05) is 19.1 Å². The molecular weight excluding hydrogens is 434 g/mol. The minimum Gasteiger partial charge on any atom is -0.479 e. The van der Waals surface area contributed by atoms with Gasteiger partial charge < -0.3 is 9.64 Å². The third-order valence-corrected chi connectivity index (χ3v) is 6.61. The second-order valence-electron chi connectivity index (χ2n) is 8.22. The zero-order chi connectivity index (χ0) is 23.5. The van der Waals surface area contributed by atoms with Crippen LogP contribution in [-0.2, 0) is 16.0 Å². The molecule has 7 heteroatoms. The highest BCUT2D eigenvalue weighted by Gasteiger charge is 2.34. The van der Waals surface area contributed by atoms with Crippen LogP contribution in [0.15, 0.2) is 47.8 Å². The first kappa shape index (κ1) is 23.0. The van der Waals surface area contributed by atoms with E-state index in [0.717, 1.165) is 40.4 Å². The molecular formula is C26H29N3O3S. The fourth-order valence-electron chi connectivity index (χ4n) is 4.02. The summed E-state index contributed by atoms with van der Waals surface area (Å²) in [5.41, 5.74) is 4.29. The van der Waals surface area contributed by atoms with Crippen LogP contribution in [0.4, 0.5) is 11.4 Å². The van der Waals surface area contributed by atoms with Gasteiger partial charge in [0.1, 0.15) is 12.3 Å². The van der Waals surface area contributed by atoms with Gasteiger partial charge in [-0.2, -0.15) is 0 Å². The highest BCUT2D eigenvalue weighted by atomic mass is 32.1. The van der Waals surface area contributed by atoms with Crippen LogP contribution in [0.1, 0.15) is 37.8 Å². The Hall–Kier alpha value is -3.19. The van der Waals surface area contributed by atoms with E-state index in [4.69, 9.17) is 9.72 Å². The summed E-state index contributed by atoms with van der Waals surface area (Å²) in [4.78, 5) is 34.4. The number of fused-ring (bicyclic) bond motifs is 1. The van der Waals surface area contributed by atoms with Crippen LogP contribution in [0.5, 0.6) is 5.75 Å². The molecule has 2 heterocycles. The van der Waals surface area contributed by atoms with Gasteiger partial charge in [-0.3, -0.25) is 14.5 Å². The maximum atomic E-state index is 13.3. The Morgan fingerprint density at radius 1 is 1.21 bits per heavy atom. The zero-order valence-corrected chi connectivity index (χ0v) is 20.3. The van der Waals surface area contributed by atoms with E-state index in [-0.39, 0.29) is 18.4 Å². The SMILES string of the molecule is CCCc1nc(-c2ccc3c(c2)N(CC(=O)N(CC)c2cccc(C)c2)C(=O)C(C)O3)cs1. The van der Waals surface area contributed by atoms with E-state index >= 15 is 0 Å². The molecule has 1 aliphatic rings. The number of nitrogens with zero attached hydrogens (tertiary/aromatic N) is 3. The fourth-order valence-corrected chi connectivity index (χ4v) is 4.93. The van der Waals surface area contributed by atoms with E-state index in [2.05, 4.69) is 6.92 Å². The van der Waals surface area contributed by atoms with Gasteiger partial charge in [0, 0.05) is 23.2 Å². The Kier molecular flexibility index (Phi) is 6.79. The summed E-state index contributed by atoms with van der Waals surface area (Å²) in [7, 11) is 0. The number of rotatable bonds is 7. The van der Waals surface area contributed by atoms with Crippen molar-refractivity contribution in [1.29, 1.82) is 0 Å². The largest absolute Gasteiger partial charge is 0.479 e. The fraction of sp³-hybridized carbons (Fsp3) is 0.346. The molecule has 1 unspecified atom stereocenters. The molecule has 0 spiro atoms. The number of hydrogen-bond donors (Lipinski definition) is 0. The molecule has 2 aromatic carbocycles. The standard InChI is InChI=1S/C26H29N3O3S/c1-5-8-24-27-21(16-33-24)19-11-12-23-22(14-19)29(26(31)18(4)32-23)15-25(30)28(6-2)20-10-7-9-17(3)13-20/h7,9-14,16,18H,5-6,8,15H2,1-4H3. The van der Waals surface area contributed by atoms with E-state index in [9.17, 15) is 9.59 Å². The number of benzene rings is 2. The monoisotopic (exact) mass is 463 g/mol. The number of hydrogen-bond acceptors (Lipinski definition) is 5. The smallest absolute Gasteiger partial charge is 0.268 e. The Morgan fingerprint density at radius 3 is 2.76 bits per heavy atom. The molecule has 4 rings (SSSR count). The van der Waals surface area contributed by atoms with Gasteiger partial charge in [0.2, 0.25) is 5.91 Å². The van der Waals surface area contributed by atoms with Gasteiger partial charge in [-0.25, -0.2) is 4.98 Å². The molecule has 0 aliphatic carbocycles. The van der Waals surface area contributed by atoms with Crippen LogP contribution < -0.4 is 14.5 Å². The third-order valence-electron chi connectivity index (χ3n) is 5.70. The van der Waals surface area contributed by atoms with Gasteiger partial charge in [0.25, 0.3) is 5.91 Å². The molecule has 0 bridgehead atoms. The maximum Gasteiger partial charge on any atom is 0.268 e. The molecule has 33 heavy (non-hydrogen) atoms. The van der Waals surface area contributed by atoms with Gasteiger partial charge in [0.15, 0.2) is 6.10 Å². The maximum absolute atomic E-state index is 13.3. The second kappa shape index (κ2) is 9.75. The lowest BCUT2D eigenvalue weighted by Crippen LogP contribution is -2.49. The van der Waals surface area contributed by atoms with Gasteiger partial charge >= 0.3 is 0 Å². The van der Waals surface area contributed by atoms with E-state index in [1.165, 1.54) is 0 Å². The summed E-state index contributed by atoms with van der Waals surface area (Å²) < 4.78 is 5.84. The van der Waals surface area contributed by atoms with E-state index in [1.54, 1.807) is 28.1 Å². The minimum atomic E-state index is -0.652. The molecule has 1 aromatic heterocycles. The topological polar surface area (TPSA) is 62.7 Å². The number of likely N-dealkylation sites (N-methyl/N-ethyl adjacent to an activating group) is 1. The molecule has 2 amide bonds. The Morgan fingerprint density at radius 2 is 2.03 bits per heavy atom. The normalized spacial score (nSPS) is 15.2. The number of ether oxygens (including phenoxy) is 1. The molecule has 3 aromatic rings. The highest BCUT2D eigenvalue weighted by molar-refractivity contribution is 7.09. The summed E-state index contributed by atoms with van der Waals surface area (Å²) in [5, 5.41) is 3.13. The van der Waals surface area contributed by atoms with Crippen LogP contribution in [0.2, 0.25) is 0 Å². The molecule has 1 aliphatic heterocycles. The molecule has 172 valence electrons. The number of aromatic nitrogens is 1. The van der Waals surface area contributed by atoms with Crippen molar-refractivity contribution in [2.75, 3.05) is 22.9 Å². The molecule has 0 fully saturated rings. The Bertz CT molecular complexity index is 1170. The van der Waals surface area contributed by atoms with Gasteiger partial charge in [0.05, 0.1) is 16.4 Å². The van der Waals surface area contributed by atoms with Crippen LogP contribution in [0.25, 0.3) is 11.3 Å². The molecule has 0 radical (unpaired) electrons. The molecule has 0 saturated carbocycles. The first-order valence-electron chi connectivity index (χ1n) is 11.3. The van der Waals surface area contributed by atoms with Crippen LogP contribution in [0, 0.1) is 6.92 Å².